The van der Waals surface area contributed by atoms with Gasteiger partial charge in [0.05, 0.1) is 7.11 Å². The number of nitrogens with zero attached hydrogens (tertiary/aromatic N) is 1. The van der Waals surface area contributed by atoms with Crippen LogP contribution in [-0.4, -0.2) is 43.1 Å². The van der Waals surface area contributed by atoms with E-state index >= 15 is 0 Å². The van der Waals surface area contributed by atoms with Crippen LogP contribution in [0.5, 0.6) is 5.75 Å². The van der Waals surface area contributed by atoms with Crippen molar-refractivity contribution in [2.24, 2.45) is 0 Å². The van der Waals surface area contributed by atoms with Crippen molar-refractivity contribution in [3.8, 4) is 5.75 Å². The van der Waals surface area contributed by atoms with Crippen LogP contribution in [0.3, 0.4) is 0 Å². The lowest BCUT2D eigenvalue weighted by Gasteiger charge is -2.38. The van der Waals surface area contributed by atoms with Crippen molar-refractivity contribution < 1.29 is 13.9 Å². The Balaban J connectivity index is 1.93. The molecule has 0 spiro atoms. The maximum absolute atomic E-state index is 13.6. The molecule has 0 bridgehead atoms. The van der Waals surface area contributed by atoms with Gasteiger partial charge in [0.25, 0.3) is 0 Å². The van der Waals surface area contributed by atoms with Crippen molar-refractivity contribution in [2.75, 3.05) is 20.2 Å². The summed E-state index contributed by atoms with van der Waals surface area (Å²) in [6, 6.07) is 5.35. The molecule has 21 heavy (non-hydrogen) atoms. The van der Waals surface area contributed by atoms with E-state index in [-0.39, 0.29) is 23.5 Å². The van der Waals surface area contributed by atoms with Crippen molar-refractivity contribution in [3.05, 3.63) is 29.6 Å². The van der Waals surface area contributed by atoms with Crippen molar-refractivity contribution in [1.29, 1.82) is 0 Å². The summed E-state index contributed by atoms with van der Waals surface area (Å²) >= 11 is 0. The van der Waals surface area contributed by atoms with E-state index in [0.717, 1.165) is 18.7 Å². The highest BCUT2D eigenvalue weighted by Crippen LogP contribution is 2.19. The van der Waals surface area contributed by atoms with E-state index < -0.39 is 0 Å². The number of halogens is 1. The summed E-state index contributed by atoms with van der Waals surface area (Å²) in [6.07, 6.45) is 0.952. The Morgan fingerprint density at radius 1 is 1.48 bits per heavy atom. The van der Waals surface area contributed by atoms with E-state index in [9.17, 15) is 9.18 Å². The molecular formula is C16H23FN2O2. The Morgan fingerprint density at radius 3 is 2.90 bits per heavy atom. The normalized spacial score (nSPS) is 22.2. The molecule has 1 saturated heterocycles. The number of aryl methyl sites for hydroxylation is 1. The van der Waals surface area contributed by atoms with Gasteiger partial charge in [-0.15, -0.1) is 0 Å². The molecule has 1 N–H and O–H groups in total. The Hall–Kier alpha value is -1.62. The molecule has 0 radical (unpaired) electrons. The molecular weight excluding hydrogens is 271 g/mol. The van der Waals surface area contributed by atoms with E-state index in [0.29, 0.717) is 18.9 Å². The van der Waals surface area contributed by atoms with Crippen LogP contribution in [0, 0.1) is 5.82 Å². The molecule has 5 heteroatoms. The number of piperazine rings is 1. The first-order valence-electron chi connectivity index (χ1n) is 7.38. The second kappa shape index (κ2) is 6.89. The number of carbonyl (C=O) groups excluding carboxylic acids is 1. The van der Waals surface area contributed by atoms with Gasteiger partial charge in [-0.3, -0.25) is 4.79 Å². The summed E-state index contributed by atoms with van der Waals surface area (Å²) in [5.74, 6) is -0.0201. The number of hydrogen-bond donors (Lipinski definition) is 1. The molecule has 1 amide bonds. The molecule has 2 atom stereocenters. The molecule has 1 aromatic rings. The Morgan fingerprint density at radius 2 is 2.24 bits per heavy atom. The van der Waals surface area contributed by atoms with Crippen LogP contribution in [0.1, 0.15) is 25.8 Å². The third-order valence-corrected chi connectivity index (χ3v) is 4.20. The molecule has 1 aromatic carbocycles. The topological polar surface area (TPSA) is 41.6 Å². The highest BCUT2D eigenvalue weighted by molar-refractivity contribution is 5.77. The Kier molecular flexibility index (Phi) is 5.17. The van der Waals surface area contributed by atoms with Gasteiger partial charge in [-0.2, -0.15) is 0 Å². The SMILES string of the molecule is COc1ccc(CCC(=O)N2CCNC(C)C2C)cc1F. The van der Waals surface area contributed by atoms with E-state index in [1.165, 1.54) is 13.2 Å². The molecule has 0 saturated carbocycles. The predicted octanol–water partition coefficient (Wildman–Crippen LogP) is 1.98. The lowest BCUT2D eigenvalue weighted by Crippen LogP contribution is -2.57. The highest BCUT2D eigenvalue weighted by Gasteiger charge is 2.27. The van der Waals surface area contributed by atoms with Gasteiger partial charge in [0, 0.05) is 31.6 Å². The highest BCUT2D eigenvalue weighted by atomic mass is 19.1. The fraction of sp³-hybridized carbons (Fsp3) is 0.562. The van der Waals surface area contributed by atoms with Crippen LogP contribution in [0.25, 0.3) is 0 Å². The fourth-order valence-corrected chi connectivity index (χ4v) is 2.67. The van der Waals surface area contributed by atoms with Gasteiger partial charge < -0.3 is 15.0 Å². The third-order valence-electron chi connectivity index (χ3n) is 4.20. The van der Waals surface area contributed by atoms with E-state index in [4.69, 9.17) is 4.74 Å². The van der Waals surface area contributed by atoms with Crippen LogP contribution in [0.15, 0.2) is 18.2 Å². The van der Waals surface area contributed by atoms with Crippen molar-refractivity contribution in [2.45, 2.75) is 38.8 Å². The molecule has 0 aromatic heterocycles. The second-order valence-corrected chi connectivity index (χ2v) is 5.54. The maximum Gasteiger partial charge on any atom is 0.223 e. The quantitative estimate of drug-likeness (QED) is 0.923. The largest absolute Gasteiger partial charge is 0.494 e. The second-order valence-electron chi connectivity index (χ2n) is 5.54. The molecule has 1 fully saturated rings. The molecule has 1 aliphatic rings. The minimum absolute atomic E-state index is 0.132. The van der Waals surface area contributed by atoms with E-state index in [2.05, 4.69) is 19.2 Å². The molecule has 1 aliphatic heterocycles. The summed E-state index contributed by atoms with van der Waals surface area (Å²) in [5, 5.41) is 3.35. The van der Waals surface area contributed by atoms with Gasteiger partial charge in [0.15, 0.2) is 11.6 Å². The van der Waals surface area contributed by atoms with E-state index in [1.54, 1.807) is 12.1 Å². The van der Waals surface area contributed by atoms with Crippen LogP contribution in [-0.2, 0) is 11.2 Å². The summed E-state index contributed by atoms with van der Waals surface area (Å²) in [7, 11) is 1.44. The summed E-state index contributed by atoms with van der Waals surface area (Å²) in [6.45, 7) is 5.71. The molecule has 1 heterocycles. The van der Waals surface area contributed by atoms with Crippen molar-refractivity contribution in [1.82, 2.24) is 10.2 Å². The number of carbonyl (C=O) groups is 1. The van der Waals surface area contributed by atoms with Crippen LogP contribution < -0.4 is 10.1 Å². The number of hydrogen-bond acceptors (Lipinski definition) is 3. The first kappa shape index (κ1) is 15.8. The molecule has 0 aliphatic carbocycles. The van der Waals surface area contributed by atoms with Gasteiger partial charge in [-0.1, -0.05) is 6.07 Å². The first-order valence-corrected chi connectivity index (χ1v) is 7.38. The monoisotopic (exact) mass is 294 g/mol. The smallest absolute Gasteiger partial charge is 0.223 e. The van der Waals surface area contributed by atoms with Crippen LogP contribution in [0.4, 0.5) is 4.39 Å². The van der Waals surface area contributed by atoms with Gasteiger partial charge in [0.1, 0.15) is 0 Å². The lowest BCUT2D eigenvalue weighted by atomic mass is 10.0. The molecule has 2 unspecified atom stereocenters. The minimum Gasteiger partial charge on any atom is -0.494 e. The number of benzene rings is 1. The molecule has 4 nitrogen and oxygen atoms in total. The zero-order chi connectivity index (χ0) is 15.4. The summed E-state index contributed by atoms with van der Waals surface area (Å²) in [4.78, 5) is 14.2. The first-order chi connectivity index (χ1) is 10.0. The number of amides is 1. The average molecular weight is 294 g/mol. The number of nitrogens with one attached hydrogen (secondary N) is 1. The van der Waals surface area contributed by atoms with Gasteiger partial charge in [-0.05, 0) is 38.0 Å². The summed E-state index contributed by atoms with van der Waals surface area (Å²) in [5.41, 5.74) is 0.817. The van der Waals surface area contributed by atoms with Gasteiger partial charge in [0.2, 0.25) is 5.91 Å². The maximum atomic E-state index is 13.6. The Bertz CT molecular complexity index is 507. The lowest BCUT2D eigenvalue weighted by molar-refractivity contribution is -0.134. The fourth-order valence-electron chi connectivity index (χ4n) is 2.67. The van der Waals surface area contributed by atoms with Crippen molar-refractivity contribution in [3.63, 3.8) is 0 Å². The van der Waals surface area contributed by atoms with Crippen molar-refractivity contribution >= 4 is 5.91 Å². The van der Waals surface area contributed by atoms with Crippen LogP contribution >= 0.6 is 0 Å². The zero-order valence-electron chi connectivity index (χ0n) is 12.9. The third kappa shape index (κ3) is 3.73. The van der Waals surface area contributed by atoms with Gasteiger partial charge in [-0.25, -0.2) is 4.39 Å². The Labute approximate surface area is 125 Å². The van der Waals surface area contributed by atoms with Crippen LogP contribution in [0.2, 0.25) is 0 Å². The number of methoxy groups -OCH3 is 1. The average Bonchev–Trinajstić information content (AvgIpc) is 2.47. The minimum atomic E-state index is -0.383. The molecule has 2 rings (SSSR count). The zero-order valence-corrected chi connectivity index (χ0v) is 12.9. The standard InChI is InChI=1S/C16H23FN2O2/c1-11-12(2)19(9-8-18-11)16(20)7-5-13-4-6-15(21-3)14(17)10-13/h4,6,10-12,18H,5,7-9H2,1-3H3. The van der Waals surface area contributed by atoms with E-state index in [1.807, 2.05) is 4.90 Å². The number of rotatable bonds is 4. The number of ether oxygens (including phenoxy) is 1. The molecule has 116 valence electrons. The van der Waals surface area contributed by atoms with Gasteiger partial charge >= 0.3 is 0 Å². The summed E-state index contributed by atoms with van der Waals surface area (Å²) < 4.78 is 18.5. The predicted molar refractivity (Wildman–Crippen MR) is 79.9 cm³/mol.